The van der Waals surface area contributed by atoms with E-state index in [1.165, 1.54) is 16.3 Å². The van der Waals surface area contributed by atoms with Crippen molar-refractivity contribution in [3.05, 3.63) is 69.2 Å². The molecule has 1 aromatic carbocycles. The molecule has 0 bridgehead atoms. The van der Waals surface area contributed by atoms with Crippen LogP contribution in [0.5, 0.6) is 0 Å². The van der Waals surface area contributed by atoms with Crippen molar-refractivity contribution in [1.29, 1.82) is 0 Å². The minimum atomic E-state index is -0.177. The van der Waals surface area contributed by atoms with Gasteiger partial charge >= 0.3 is 0 Å². The predicted molar refractivity (Wildman–Crippen MR) is 122 cm³/mol. The van der Waals surface area contributed by atoms with Crippen LogP contribution < -0.4 is 5.56 Å². The molecular formula is C22H24ClN3O3S. The van der Waals surface area contributed by atoms with Gasteiger partial charge in [-0.15, -0.1) is 6.58 Å². The second-order valence-corrected chi connectivity index (χ2v) is 8.28. The van der Waals surface area contributed by atoms with Gasteiger partial charge in [-0.05, 0) is 38.1 Å². The molecule has 2 heterocycles. The molecule has 0 saturated heterocycles. The lowest BCUT2D eigenvalue weighted by atomic mass is 10.2. The molecule has 0 atom stereocenters. The van der Waals surface area contributed by atoms with Crippen LogP contribution >= 0.6 is 23.4 Å². The zero-order valence-electron chi connectivity index (χ0n) is 17.3. The number of allylic oxidation sites excluding steroid dienone is 1. The van der Waals surface area contributed by atoms with Crippen LogP contribution in [0.4, 0.5) is 0 Å². The lowest BCUT2D eigenvalue weighted by Gasteiger charge is -2.11. The molecule has 0 N–H and O–H groups in total. The van der Waals surface area contributed by atoms with Gasteiger partial charge in [-0.2, -0.15) is 0 Å². The molecule has 158 valence electrons. The standard InChI is InChI=1S/C22H24ClN3O3S/c1-5-8-26-21(28)17-7-6-16(23)12-19(17)24-22(26)30-13-20(27)18-11-14(2)25(15(18)3)9-10-29-4/h5-7,11-12H,1,8-10,13H2,2-4H3. The number of benzene rings is 1. The van der Waals surface area contributed by atoms with E-state index >= 15 is 0 Å². The number of fused-ring (bicyclic) bond motifs is 1. The van der Waals surface area contributed by atoms with E-state index in [1.54, 1.807) is 31.4 Å². The molecule has 0 spiro atoms. The van der Waals surface area contributed by atoms with E-state index in [-0.39, 0.29) is 17.1 Å². The van der Waals surface area contributed by atoms with E-state index in [1.807, 2.05) is 19.9 Å². The van der Waals surface area contributed by atoms with Crippen molar-refractivity contribution in [2.75, 3.05) is 19.5 Å². The third kappa shape index (κ3) is 4.53. The first-order valence-corrected chi connectivity index (χ1v) is 10.9. The number of methoxy groups -OCH3 is 1. The van der Waals surface area contributed by atoms with Crippen LogP contribution in [0, 0.1) is 13.8 Å². The number of thioether (sulfide) groups is 1. The molecule has 6 nitrogen and oxygen atoms in total. The Morgan fingerprint density at radius 2 is 2.07 bits per heavy atom. The van der Waals surface area contributed by atoms with Gasteiger partial charge in [0, 0.05) is 42.2 Å². The fourth-order valence-corrected chi connectivity index (χ4v) is 4.45. The summed E-state index contributed by atoms with van der Waals surface area (Å²) in [7, 11) is 1.66. The Morgan fingerprint density at radius 3 is 2.77 bits per heavy atom. The second-order valence-electron chi connectivity index (χ2n) is 6.90. The predicted octanol–water partition coefficient (Wildman–Crippen LogP) is 4.28. The summed E-state index contributed by atoms with van der Waals surface area (Å²) in [6, 6.07) is 6.89. The van der Waals surface area contributed by atoms with Gasteiger partial charge in [0.05, 0.1) is 23.3 Å². The molecule has 30 heavy (non-hydrogen) atoms. The number of carbonyl (C=O) groups is 1. The summed E-state index contributed by atoms with van der Waals surface area (Å²) in [5.74, 6) is 0.159. The van der Waals surface area contributed by atoms with Crippen molar-refractivity contribution in [3.63, 3.8) is 0 Å². The first-order valence-electron chi connectivity index (χ1n) is 9.50. The van der Waals surface area contributed by atoms with E-state index in [4.69, 9.17) is 16.3 Å². The number of rotatable bonds is 9. The summed E-state index contributed by atoms with van der Waals surface area (Å²) < 4.78 is 8.76. The lowest BCUT2D eigenvalue weighted by Crippen LogP contribution is -2.23. The largest absolute Gasteiger partial charge is 0.383 e. The third-order valence-corrected chi connectivity index (χ3v) is 6.13. The van der Waals surface area contributed by atoms with Crippen molar-refractivity contribution < 1.29 is 9.53 Å². The van der Waals surface area contributed by atoms with Crippen LogP contribution in [0.15, 0.2) is 46.9 Å². The Hall–Kier alpha value is -2.35. The summed E-state index contributed by atoms with van der Waals surface area (Å²) >= 11 is 7.31. The Bertz CT molecular complexity index is 1170. The maximum absolute atomic E-state index is 12.9. The molecule has 0 saturated carbocycles. The van der Waals surface area contributed by atoms with Gasteiger partial charge in [-0.1, -0.05) is 29.4 Å². The Morgan fingerprint density at radius 1 is 1.30 bits per heavy atom. The van der Waals surface area contributed by atoms with Gasteiger partial charge in [-0.3, -0.25) is 14.2 Å². The highest BCUT2D eigenvalue weighted by atomic mass is 35.5. The number of aromatic nitrogens is 3. The normalized spacial score (nSPS) is 11.2. The minimum absolute atomic E-state index is 0.0117. The summed E-state index contributed by atoms with van der Waals surface area (Å²) in [4.78, 5) is 30.4. The van der Waals surface area contributed by atoms with Gasteiger partial charge in [0.15, 0.2) is 10.9 Å². The fourth-order valence-electron chi connectivity index (χ4n) is 3.39. The fraction of sp³-hybridized carbons (Fsp3) is 0.318. The number of halogens is 1. The maximum atomic E-state index is 12.9. The van der Waals surface area contributed by atoms with E-state index < -0.39 is 0 Å². The molecule has 8 heteroatoms. The van der Waals surface area contributed by atoms with E-state index in [0.717, 1.165) is 11.4 Å². The van der Waals surface area contributed by atoms with Gasteiger partial charge in [0.25, 0.3) is 5.56 Å². The number of hydrogen-bond donors (Lipinski definition) is 0. The smallest absolute Gasteiger partial charge is 0.262 e. The lowest BCUT2D eigenvalue weighted by molar-refractivity contribution is 0.102. The first-order chi connectivity index (χ1) is 14.4. The quantitative estimate of drug-likeness (QED) is 0.213. The van der Waals surface area contributed by atoms with Crippen LogP contribution in [0.3, 0.4) is 0 Å². The molecule has 0 aliphatic carbocycles. The SMILES string of the molecule is C=CCn1c(SCC(=O)c2cc(C)n(CCOC)c2C)nc2cc(Cl)ccc2c1=O. The minimum Gasteiger partial charge on any atom is -0.383 e. The second kappa shape index (κ2) is 9.64. The molecule has 0 fully saturated rings. The highest BCUT2D eigenvalue weighted by Crippen LogP contribution is 2.23. The number of Topliss-reactive ketones (excluding diaryl/α,β-unsaturated/α-hetero) is 1. The van der Waals surface area contributed by atoms with Gasteiger partial charge in [-0.25, -0.2) is 4.98 Å². The van der Waals surface area contributed by atoms with Crippen LogP contribution in [0.25, 0.3) is 10.9 Å². The van der Waals surface area contributed by atoms with E-state index in [9.17, 15) is 9.59 Å². The molecule has 0 radical (unpaired) electrons. The number of aryl methyl sites for hydroxylation is 1. The number of ketones is 1. The molecular weight excluding hydrogens is 422 g/mol. The van der Waals surface area contributed by atoms with Crippen LogP contribution in [0.2, 0.25) is 5.02 Å². The van der Waals surface area contributed by atoms with Crippen molar-refractivity contribution in [2.45, 2.75) is 32.1 Å². The molecule has 3 rings (SSSR count). The van der Waals surface area contributed by atoms with Crippen molar-refractivity contribution in [3.8, 4) is 0 Å². The highest BCUT2D eigenvalue weighted by molar-refractivity contribution is 7.99. The zero-order chi connectivity index (χ0) is 21.8. The number of hydrogen-bond acceptors (Lipinski definition) is 5. The van der Waals surface area contributed by atoms with Gasteiger partial charge in [0.2, 0.25) is 0 Å². The Labute approximate surface area is 184 Å². The molecule has 0 aliphatic rings. The van der Waals surface area contributed by atoms with Gasteiger partial charge in [0.1, 0.15) is 0 Å². The number of nitrogens with zero attached hydrogens (tertiary/aromatic N) is 3. The zero-order valence-corrected chi connectivity index (χ0v) is 18.8. The number of carbonyl (C=O) groups excluding carboxylic acids is 1. The molecule has 0 amide bonds. The Kier molecular flexibility index (Phi) is 7.18. The topological polar surface area (TPSA) is 66.1 Å². The van der Waals surface area contributed by atoms with Crippen molar-refractivity contribution in [2.24, 2.45) is 0 Å². The van der Waals surface area contributed by atoms with Crippen LogP contribution in [-0.4, -0.2) is 39.4 Å². The molecule has 2 aromatic heterocycles. The monoisotopic (exact) mass is 445 g/mol. The van der Waals surface area contributed by atoms with E-state index in [2.05, 4.69) is 16.1 Å². The van der Waals surface area contributed by atoms with Crippen molar-refractivity contribution >= 4 is 40.0 Å². The van der Waals surface area contributed by atoms with Crippen LogP contribution in [-0.2, 0) is 17.8 Å². The maximum Gasteiger partial charge on any atom is 0.262 e. The Balaban J connectivity index is 1.90. The highest BCUT2D eigenvalue weighted by Gasteiger charge is 2.18. The summed E-state index contributed by atoms with van der Waals surface area (Å²) in [6.07, 6.45) is 1.64. The molecule has 0 aliphatic heterocycles. The first kappa shape index (κ1) is 22.3. The third-order valence-electron chi connectivity index (χ3n) is 4.92. The summed E-state index contributed by atoms with van der Waals surface area (Å²) in [5.41, 5.74) is 2.94. The average molecular weight is 446 g/mol. The van der Waals surface area contributed by atoms with E-state index in [0.29, 0.717) is 46.3 Å². The summed E-state index contributed by atoms with van der Waals surface area (Å²) in [6.45, 7) is 9.22. The van der Waals surface area contributed by atoms with Crippen LogP contribution in [0.1, 0.15) is 21.7 Å². The number of ether oxygens (including phenoxy) is 1. The van der Waals surface area contributed by atoms with Gasteiger partial charge < -0.3 is 9.30 Å². The summed E-state index contributed by atoms with van der Waals surface area (Å²) in [5, 5.41) is 1.46. The average Bonchev–Trinajstić information content (AvgIpc) is 3.00. The molecule has 0 unspecified atom stereocenters. The molecule has 3 aromatic rings. The van der Waals surface area contributed by atoms with Crippen molar-refractivity contribution in [1.82, 2.24) is 14.1 Å².